The molecule has 0 fully saturated rings. The summed E-state index contributed by atoms with van der Waals surface area (Å²) >= 11 is 1.46. The summed E-state index contributed by atoms with van der Waals surface area (Å²) in [7, 11) is -3.68. The maximum Gasteiger partial charge on any atom is 0.251 e. The van der Waals surface area contributed by atoms with Crippen molar-refractivity contribution in [3.63, 3.8) is 0 Å². The second kappa shape index (κ2) is 10.3. The largest absolute Gasteiger partial charge is 0.343 e. The lowest BCUT2D eigenvalue weighted by atomic mass is 10.1. The van der Waals surface area contributed by atoms with Crippen molar-refractivity contribution in [1.82, 2.24) is 10.0 Å². The lowest BCUT2D eigenvalue weighted by molar-refractivity contribution is -0.115. The van der Waals surface area contributed by atoms with Crippen LogP contribution < -0.4 is 15.4 Å². The van der Waals surface area contributed by atoms with Crippen molar-refractivity contribution in [3.8, 4) is 0 Å². The Morgan fingerprint density at radius 1 is 0.968 bits per heavy atom. The number of carbonyl (C=O) groups is 2. The quantitative estimate of drug-likeness (QED) is 0.459. The van der Waals surface area contributed by atoms with Crippen molar-refractivity contribution >= 4 is 38.9 Å². The second-order valence-electron chi connectivity index (χ2n) is 6.67. The van der Waals surface area contributed by atoms with E-state index in [1.807, 2.05) is 48.7 Å². The fraction of sp³-hybridized carbons (Fsp3) is 0.182. The number of carbonyl (C=O) groups excluding carboxylic acids is 2. The van der Waals surface area contributed by atoms with E-state index in [1.54, 1.807) is 0 Å². The summed E-state index contributed by atoms with van der Waals surface area (Å²) < 4.78 is 27.3. The first-order chi connectivity index (χ1) is 14.9. The van der Waals surface area contributed by atoms with E-state index in [-0.39, 0.29) is 29.5 Å². The molecule has 0 spiro atoms. The van der Waals surface area contributed by atoms with E-state index in [0.717, 1.165) is 16.9 Å². The molecule has 0 radical (unpaired) electrons. The Hall–Kier alpha value is -3.01. The highest BCUT2D eigenvalue weighted by Gasteiger charge is 2.15. The standard InChI is InChI=1S/C22H23N3O4S2/c1-2-16-6-3-4-8-20(16)25-21(26)15-23-22(27)17-9-11-19(12-10-17)31(28,29)24-14-18-7-5-13-30-18/h3-13,24H,2,14-15H2,1H3,(H,23,27)(H,25,26). The molecule has 3 aromatic rings. The number of hydrogen-bond donors (Lipinski definition) is 3. The minimum Gasteiger partial charge on any atom is -0.343 e. The van der Waals surface area contributed by atoms with Gasteiger partial charge in [-0.1, -0.05) is 31.2 Å². The van der Waals surface area contributed by atoms with Crippen LogP contribution in [0.25, 0.3) is 0 Å². The Morgan fingerprint density at radius 3 is 2.39 bits per heavy atom. The minimum absolute atomic E-state index is 0.0644. The van der Waals surface area contributed by atoms with Crippen LogP contribution in [-0.2, 0) is 27.8 Å². The van der Waals surface area contributed by atoms with E-state index < -0.39 is 15.9 Å². The highest BCUT2D eigenvalue weighted by Crippen LogP contribution is 2.15. The number of sulfonamides is 1. The third-order valence-corrected chi connectivity index (χ3v) is 6.82. The lowest BCUT2D eigenvalue weighted by Crippen LogP contribution is -2.33. The van der Waals surface area contributed by atoms with Crippen LogP contribution >= 0.6 is 11.3 Å². The number of hydrogen-bond acceptors (Lipinski definition) is 5. The molecule has 1 aromatic heterocycles. The zero-order valence-electron chi connectivity index (χ0n) is 16.9. The smallest absolute Gasteiger partial charge is 0.251 e. The van der Waals surface area contributed by atoms with Gasteiger partial charge in [0.15, 0.2) is 0 Å². The number of aryl methyl sites for hydroxylation is 1. The molecule has 3 N–H and O–H groups in total. The number of benzene rings is 2. The van der Waals surface area contributed by atoms with Crippen LogP contribution in [0.5, 0.6) is 0 Å². The van der Waals surface area contributed by atoms with Crippen LogP contribution in [-0.4, -0.2) is 26.8 Å². The minimum atomic E-state index is -3.68. The van der Waals surface area contributed by atoms with Crippen LogP contribution in [0.15, 0.2) is 70.9 Å². The predicted octanol–water partition coefficient (Wildman–Crippen LogP) is 3.16. The van der Waals surface area contributed by atoms with Gasteiger partial charge in [-0.15, -0.1) is 11.3 Å². The van der Waals surface area contributed by atoms with Crippen LogP contribution in [0.1, 0.15) is 27.7 Å². The average Bonchev–Trinajstić information content (AvgIpc) is 3.30. The topological polar surface area (TPSA) is 104 Å². The average molecular weight is 458 g/mol. The van der Waals surface area contributed by atoms with Gasteiger partial charge in [-0.25, -0.2) is 13.1 Å². The van der Waals surface area contributed by atoms with E-state index in [1.165, 1.54) is 35.6 Å². The Labute approximate surface area is 185 Å². The highest BCUT2D eigenvalue weighted by atomic mass is 32.2. The predicted molar refractivity (Wildman–Crippen MR) is 122 cm³/mol. The molecule has 0 saturated carbocycles. The van der Waals surface area contributed by atoms with Gasteiger partial charge in [0.25, 0.3) is 5.91 Å². The van der Waals surface area contributed by atoms with Crippen molar-refractivity contribution in [2.24, 2.45) is 0 Å². The first kappa shape index (κ1) is 22.7. The number of thiophene rings is 1. The molecular formula is C22H23N3O4S2. The zero-order chi connectivity index (χ0) is 22.3. The Bertz CT molecular complexity index is 1140. The normalized spacial score (nSPS) is 11.1. The molecule has 9 heteroatoms. The molecule has 0 atom stereocenters. The lowest BCUT2D eigenvalue weighted by Gasteiger charge is -2.10. The van der Waals surface area contributed by atoms with Gasteiger partial charge in [0.05, 0.1) is 11.4 Å². The molecule has 2 amide bonds. The molecule has 7 nitrogen and oxygen atoms in total. The molecule has 1 heterocycles. The van der Waals surface area contributed by atoms with Gasteiger partial charge in [-0.05, 0) is 53.8 Å². The number of para-hydroxylation sites is 1. The van der Waals surface area contributed by atoms with Gasteiger partial charge < -0.3 is 10.6 Å². The van der Waals surface area contributed by atoms with Crippen molar-refractivity contribution in [2.75, 3.05) is 11.9 Å². The van der Waals surface area contributed by atoms with Gasteiger partial charge in [0.2, 0.25) is 15.9 Å². The number of amides is 2. The third kappa shape index (κ3) is 6.24. The molecule has 31 heavy (non-hydrogen) atoms. The van der Waals surface area contributed by atoms with Gasteiger partial charge in [0.1, 0.15) is 0 Å². The molecule has 0 saturated heterocycles. The third-order valence-electron chi connectivity index (χ3n) is 4.53. The summed E-state index contributed by atoms with van der Waals surface area (Å²) in [4.78, 5) is 25.4. The summed E-state index contributed by atoms with van der Waals surface area (Å²) in [6.45, 7) is 2.01. The van der Waals surface area contributed by atoms with E-state index in [4.69, 9.17) is 0 Å². The SMILES string of the molecule is CCc1ccccc1NC(=O)CNC(=O)c1ccc(S(=O)(=O)NCc2cccs2)cc1. The van der Waals surface area contributed by atoms with E-state index in [9.17, 15) is 18.0 Å². The Morgan fingerprint density at radius 2 is 1.71 bits per heavy atom. The van der Waals surface area contributed by atoms with E-state index in [0.29, 0.717) is 5.69 Å². The van der Waals surface area contributed by atoms with Crippen molar-refractivity contribution in [1.29, 1.82) is 0 Å². The first-order valence-corrected chi connectivity index (χ1v) is 12.0. The molecule has 0 aliphatic carbocycles. The van der Waals surface area contributed by atoms with E-state index in [2.05, 4.69) is 15.4 Å². The Kier molecular flexibility index (Phi) is 7.56. The number of rotatable bonds is 9. The van der Waals surface area contributed by atoms with Crippen LogP contribution in [0.2, 0.25) is 0 Å². The van der Waals surface area contributed by atoms with Crippen LogP contribution in [0.3, 0.4) is 0 Å². The summed E-state index contributed by atoms with van der Waals surface area (Å²) in [5.74, 6) is -0.805. The fourth-order valence-electron chi connectivity index (χ4n) is 2.86. The van der Waals surface area contributed by atoms with Crippen LogP contribution in [0, 0.1) is 0 Å². The van der Waals surface area contributed by atoms with Crippen molar-refractivity contribution in [2.45, 2.75) is 24.8 Å². The summed E-state index contributed by atoms with van der Waals surface area (Å²) in [6.07, 6.45) is 0.778. The molecular weight excluding hydrogens is 434 g/mol. The Balaban J connectivity index is 1.54. The first-order valence-electron chi connectivity index (χ1n) is 9.67. The molecule has 3 rings (SSSR count). The van der Waals surface area contributed by atoms with Gasteiger partial charge in [-0.3, -0.25) is 9.59 Å². The van der Waals surface area contributed by atoms with Crippen molar-refractivity contribution < 1.29 is 18.0 Å². The number of nitrogens with one attached hydrogen (secondary N) is 3. The van der Waals surface area contributed by atoms with E-state index >= 15 is 0 Å². The molecule has 0 aliphatic rings. The second-order valence-corrected chi connectivity index (χ2v) is 9.47. The number of anilines is 1. The molecule has 162 valence electrons. The van der Waals surface area contributed by atoms with Crippen molar-refractivity contribution in [3.05, 3.63) is 82.0 Å². The molecule has 0 unspecified atom stereocenters. The fourth-order valence-corrected chi connectivity index (χ4v) is 4.60. The molecule has 0 aliphatic heterocycles. The summed E-state index contributed by atoms with van der Waals surface area (Å²) in [6, 6.07) is 16.7. The maximum absolute atomic E-state index is 12.4. The summed E-state index contributed by atoms with van der Waals surface area (Å²) in [5.41, 5.74) is 1.99. The van der Waals surface area contributed by atoms with Gasteiger partial charge in [-0.2, -0.15) is 0 Å². The summed E-state index contributed by atoms with van der Waals surface area (Å²) in [5, 5.41) is 7.20. The molecule has 0 bridgehead atoms. The maximum atomic E-state index is 12.4. The zero-order valence-corrected chi connectivity index (χ0v) is 18.6. The van der Waals surface area contributed by atoms with Gasteiger partial charge in [0, 0.05) is 22.7 Å². The van der Waals surface area contributed by atoms with Gasteiger partial charge >= 0.3 is 0 Å². The van der Waals surface area contributed by atoms with Crippen LogP contribution in [0.4, 0.5) is 5.69 Å². The molecule has 2 aromatic carbocycles. The monoisotopic (exact) mass is 457 g/mol. The highest BCUT2D eigenvalue weighted by molar-refractivity contribution is 7.89.